The van der Waals surface area contributed by atoms with Gasteiger partial charge in [0.15, 0.2) is 0 Å². The van der Waals surface area contributed by atoms with E-state index >= 15 is 0 Å². The molecular weight excluding hydrogens is 705 g/mol. The van der Waals surface area contributed by atoms with E-state index in [2.05, 4.69) is 77.1 Å². The third kappa shape index (κ3) is 5.30. The van der Waals surface area contributed by atoms with Gasteiger partial charge in [-0.05, 0) is 99.1 Å². The molecule has 2 aromatic heterocycles. The SMILES string of the molecule is CC[C@@H]1CN(C)[C@H]2Cc3c([nH]c4ccccc34)[C@H](c3c(OC)ccc4c5c([nH]c34)[C@]3(C(=O)OC)C[C@@H]4C[C@H](CC)[C@@H]3N(CC5)[C@@H]4CC(C)=O)C[C@H]1[C@@H]2C(=O)OC. The number of H-pyrrole nitrogens is 2. The number of esters is 2. The number of methoxy groups -OCH3 is 3. The zero-order valence-electron chi connectivity index (χ0n) is 34.1. The Morgan fingerprint density at radius 1 is 0.929 bits per heavy atom. The largest absolute Gasteiger partial charge is 0.496 e. The number of fused-ring (bicyclic) bond motifs is 9. The Morgan fingerprint density at radius 2 is 1.71 bits per heavy atom. The number of carbonyl (C=O) groups excluding carboxylic acids is 3. The lowest BCUT2D eigenvalue weighted by molar-refractivity contribution is -0.169. The zero-order valence-corrected chi connectivity index (χ0v) is 34.1. The minimum Gasteiger partial charge on any atom is -0.496 e. The van der Waals surface area contributed by atoms with E-state index in [1.165, 1.54) is 36.4 Å². The molecule has 298 valence electrons. The van der Waals surface area contributed by atoms with Crippen LogP contribution in [0.25, 0.3) is 21.8 Å². The molecule has 2 aliphatic carbocycles. The topological polar surface area (TPSA) is 117 Å². The number of Topliss-reactive ketones (excluding diaryl/α,β-unsaturated/α-hetero) is 1. The van der Waals surface area contributed by atoms with Gasteiger partial charge in [-0.15, -0.1) is 0 Å². The van der Waals surface area contributed by atoms with E-state index < -0.39 is 5.41 Å². The summed E-state index contributed by atoms with van der Waals surface area (Å²) in [6, 6.07) is 12.9. The molecule has 4 aliphatic heterocycles. The Bertz CT molecular complexity index is 2210. The fourth-order valence-corrected chi connectivity index (χ4v) is 13.2. The second-order valence-electron chi connectivity index (χ2n) is 17.8. The van der Waals surface area contributed by atoms with Gasteiger partial charge in [0.2, 0.25) is 0 Å². The van der Waals surface area contributed by atoms with E-state index in [4.69, 9.17) is 14.2 Å². The highest BCUT2D eigenvalue weighted by Crippen LogP contribution is 2.59. The Morgan fingerprint density at radius 3 is 2.43 bits per heavy atom. The molecule has 0 spiro atoms. The third-order valence-electron chi connectivity index (χ3n) is 15.4. The molecule has 1 unspecified atom stereocenters. The van der Waals surface area contributed by atoms with E-state index in [1.54, 1.807) is 14.0 Å². The maximum atomic E-state index is 14.7. The lowest BCUT2D eigenvalue weighted by Crippen LogP contribution is -2.70. The summed E-state index contributed by atoms with van der Waals surface area (Å²) in [5.74, 6) is 1.17. The lowest BCUT2D eigenvalue weighted by atomic mass is 9.54. The van der Waals surface area contributed by atoms with Crippen LogP contribution in [0.1, 0.15) is 93.3 Å². The zero-order chi connectivity index (χ0) is 39.2. The van der Waals surface area contributed by atoms with Gasteiger partial charge < -0.3 is 29.1 Å². The van der Waals surface area contributed by atoms with Crippen molar-refractivity contribution in [3.8, 4) is 5.75 Å². The van der Waals surface area contributed by atoms with Crippen LogP contribution in [0.3, 0.4) is 0 Å². The molecule has 0 radical (unpaired) electrons. The average molecular weight is 763 g/mol. The summed E-state index contributed by atoms with van der Waals surface area (Å²) in [6.07, 6.45) is 6.34. The van der Waals surface area contributed by atoms with Gasteiger partial charge in [-0.1, -0.05) is 44.9 Å². The van der Waals surface area contributed by atoms with E-state index in [0.29, 0.717) is 24.7 Å². The highest BCUT2D eigenvalue weighted by Gasteiger charge is 2.65. The van der Waals surface area contributed by atoms with Crippen LogP contribution in [-0.4, -0.2) is 97.1 Å². The van der Waals surface area contributed by atoms with Crippen molar-refractivity contribution in [1.29, 1.82) is 0 Å². The van der Waals surface area contributed by atoms with Gasteiger partial charge >= 0.3 is 11.9 Å². The van der Waals surface area contributed by atoms with Crippen LogP contribution in [0.15, 0.2) is 36.4 Å². The molecule has 10 nitrogen and oxygen atoms in total. The molecule has 56 heavy (non-hydrogen) atoms. The molecule has 4 aromatic rings. The number of hydrogen-bond donors (Lipinski definition) is 2. The first-order valence-corrected chi connectivity index (χ1v) is 21.0. The maximum absolute atomic E-state index is 14.7. The molecule has 0 amide bonds. The first-order valence-electron chi connectivity index (χ1n) is 21.0. The molecular formula is C46H58N4O6. The second-order valence-corrected chi connectivity index (χ2v) is 17.8. The van der Waals surface area contributed by atoms with Gasteiger partial charge in [0.25, 0.3) is 0 Å². The highest BCUT2D eigenvalue weighted by molar-refractivity contribution is 5.95. The van der Waals surface area contributed by atoms with E-state index in [-0.39, 0.29) is 59.5 Å². The number of benzene rings is 2. The molecule has 2 aromatic carbocycles. The number of nitrogens with zero attached hydrogens (tertiary/aromatic N) is 2. The minimum absolute atomic E-state index is 0.0105. The fraction of sp³-hybridized carbons (Fsp3) is 0.587. The Labute approximate surface area is 330 Å². The number of piperidine rings is 3. The summed E-state index contributed by atoms with van der Waals surface area (Å²) in [4.78, 5) is 54.2. The molecule has 6 heterocycles. The van der Waals surface area contributed by atoms with Gasteiger partial charge in [-0.25, -0.2) is 0 Å². The van der Waals surface area contributed by atoms with Gasteiger partial charge in [0.05, 0.1) is 32.8 Å². The monoisotopic (exact) mass is 762 g/mol. The molecule has 6 aliphatic rings. The normalized spacial score (nSPS) is 33.6. The number of ketones is 1. The number of likely N-dealkylation sites (tertiary alicyclic amines) is 1. The molecule has 10 heteroatoms. The highest BCUT2D eigenvalue weighted by atomic mass is 16.5. The van der Waals surface area contributed by atoms with Crippen molar-refractivity contribution in [2.75, 3.05) is 41.5 Å². The summed E-state index contributed by atoms with van der Waals surface area (Å²) in [5, 5.41) is 2.29. The summed E-state index contributed by atoms with van der Waals surface area (Å²) < 4.78 is 17.8. The molecule has 11 atom stereocenters. The van der Waals surface area contributed by atoms with Crippen molar-refractivity contribution in [3.05, 3.63) is 64.5 Å². The maximum Gasteiger partial charge on any atom is 0.319 e. The molecule has 4 fully saturated rings. The number of ether oxygens (including phenoxy) is 3. The molecule has 10 rings (SSSR count). The van der Waals surface area contributed by atoms with Crippen LogP contribution in [0, 0.1) is 29.6 Å². The minimum atomic E-state index is -0.890. The fourth-order valence-electron chi connectivity index (χ4n) is 13.2. The van der Waals surface area contributed by atoms with Crippen LogP contribution in [0.2, 0.25) is 0 Å². The van der Waals surface area contributed by atoms with Crippen molar-refractivity contribution < 1.29 is 28.6 Å². The van der Waals surface area contributed by atoms with Gasteiger partial charge in [0, 0.05) is 76.8 Å². The molecule has 1 saturated carbocycles. The quantitative estimate of drug-likeness (QED) is 0.186. The van der Waals surface area contributed by atoms with Crippen LogP contribution in [-0.2, 0) is 42.1 Å². The summed E-state index contributed by atoms with van der Waals surface area (Å²) in [7, 11) is 6.98. The first kappa shape index (κ1) is 37.4. The first-order chi connectivity index (χ1) is 27.1. The standard InChI is InChI=1S/C46H58N4O6/c1-8-25-19-27-22-46(45(53)56-7)42-30(16-17-50(43(25)46)35(27)18-24(3)51)29-14-15-37(54-5)39(41(29)48-42)33-20-31-26(9-2)23-49(4)36(38(31)44(52)55-6)21-32-28-12-10-11-13-34(28)47-40(32)33/h10-15,25-27,31,33,35-36,38,43,47-48H,8-9,16-23H2,1-7H3/t25-,26+,27-,31+,33-,35+,36-,38-,43-,46+/m0/s1. The number of hydrogen-bond acceptors (Lipinski definition) is 8. The smallest absolute Gasteiger partial charge is 0.319 e. The predicted molar refractivity (Wildman–Crippen MR) is 216 cm³/mol. The van der Waals surface area contributed by atoms with Crippen LogP contribution < -0.4 is 4.74 Å². The average Bonchev–Trinajstić information content (AvgIpc) is 3.73. The molecule has 3 saturated heterocycles. The van der Waals surface area contributed by atoms with E-state index in [0.717, 1.165) is 85.0 Å². The third-order valence-corrected chi connectivity index (χ3v) is 15.4. The van der Waals surface area contributed by atoms with E-state index in [1.807, 2.05) is 0 Å². The molecule has 2 N–H and O–H groups in total. The number of nitrogens with one attached hydrogen (secondary N) is 2. The Hall–Kier alpha value is -4.15. The predicted octanol–water partition coefficient (Wildman–Crippen LogP) is 6.92. The van der Waals surface area contributed by atoms with Crippen molar-refractivity contribution in [1.82, 2.24) is 19.8 Å². The van der Waals surface area contributed by atoms with Gasteiger partial charge in [-0.2, -0.15) is 0 Å². The summed E-state index contributed by atoms with van der Waals surface area (Å²) in [6.45, 7) is 7.89. The van der Waals surface area contributed by atoms with Gasteiger partial charge in [-0.3, -0.25) is 19.3 Å². The summed E-state index contributed by atoms with van der Waals surface area (Å²) in [5.41, 5.74) is 6.83. The number of likely N-dealkylation sites (N-methyl/N-ethyl adjacent to an activating group) is 1. The number of aromatic amines is 2. The van der Waals surface area contributed by atoms with Crippen LogP contribution in [0.4, 0.5) is 0 Å². The summed E-state index contributed by atoms with van der Waals surface area (Å²) >= 11 is 0. The van der Waals surface area contributed by atoms with E-state index in [9.17, 15) is 14.4 Å². The Kier molecular flexibility index (Phi) is 9.39. The van der Waals surface area contributed by atoms with Crippen LogP contribution in [0.5, 0.6) is 5.75 Å². The van der Waals surface area contributed by atoms with Crippen molar-refractivity contribution in [2.45, 2.75) is 102 Å². The van der Waals surface area contributed by atoms with Gasteiger partial charge in [0.1, 0.15) is 16.9 Å². The number of carbonyl (C=O) groups is 3. The number of aromatic nitrogens is 2. The van der Waals surface area contributed by atoms with Crippen molar-refractivity contribution >= 4 is 39.5 Å². The lowest BCUT2D eigenvalue weighted by Gasteiger charge is -2.61. The number of para-hydroxylation sites is 1. The van der Waals surface area contributed by atoms with Crippen molar-refractivity contribution in [2.24, 2.45) is 29.6 Å². The second kappa shape index (κ2) is 14.0. The van der Waals surface area contributed by atoms with Crippen molar-refractivity contribution in [3.63, 3.8) is 0 Å². The van der Waals surface area contributed by atoms with Crippen LogP contribution >= 0.6 is 0 Å². The molecule has 6 bridgehead atoms. The number of rotatable bonds is 8. The Balaban J connectivity index is 1.30.